The lowest BCUT2D eigenvalue weighted by molar-refractivity contribution is -0.112. The van der Waals surface area contributed by atoms with E-state index in [9.17, 15) is 4.79 Å². The number of piperidine rings is 1. The number of hydrogen-bond acceptors (Lipinski definition) is 3. The first-order valence-corrected chi connectivity index (χ1v) is 6.55. The molecule has 2 rings (SSSR count). The van der Waals surface area contributed by atoms with Gasteiger partial charge in [0.15, 0.2) is 0 Å². The molecule has 3 heteroatoms. The van der Waals surface area contributed by atoms with E-state index in [1.54, 1.807) is 0 Å². The molecular weight excluding hydrogens is 202 g/mol. The zero-order chi connectivity index (χ0) is 11.4. The Hall–Kier alpha value is -0.410. The highest BCUT2D eigenvalue weighted by Crippen LogP contribution is 2.27. The molecule has 2 atom stereocenters. The van der Waals surface area contributed by atoms with Crippen molar-refractivity contribution in [1.29, 1.82) is 0 Å². The summed E-state index contributed by atoms with van der Waals surface area (Å²) in [5.74, 6) is 0.318. The summed E-state index contributed by atoms with van der Waals surface area (Å²) >= 11 is 0. The maximum Gasteiger partial charge on any atom is 0.123 e. The van der Waals surface area contributed by atoms with Crippen LogP contribution in [0.2, 0.25) is 0 Å². The zero-order valence-electron chi connectivity index (χ0n) is 10.2. The van der Waals surface area contributed by atoms with Crippen LogP contribution in [0.5, 0.6) is 0 Å². The van der Waals surface area contributed by atoms with Gasteiger partial charge in [-0.25, -0.2) is 0 Å². The van der Waals surface area contributed by atoms with Gasteiger partial charge in [0.25, 0.3) is 0 Å². The molecule has 2 unspecified atom stereocenters. The van der Waals surface area contributed by atoms with Gasteiger partial charge < -0.3 is 14.4 Å². The molecule has 1 saturated carbocycles. The van der Waals surface area contributed by atoms with Crippen molar-refractivity contribution in [3.05, 3.63) is 0 Å². The highest BCUT2D eigenvalue weighted by molar-refractivity contribution is 5.53. The van der Waals surface area contributed by atoms with Gasteiger partial charge in [-0.15, -0.1) is 0 Å². The van der Waals surface area contributed by atoms with Gasteiger partial charge in [-0.3, -0.25) is 0 Å². The van der Waals surface area contributed by atoms with Crippen LogP contribution in [0.3, 0.4) is 0 Å². The molecule has 1 saturated heterocycles. The predicted molar refractivity (Wildman–Crippen MR) is 63.4 cm³/mol. The van der Waals surface area contributed by atoms with Crippen LogP contribution in [0, 0.1) is 5.92 Å². The SMILES string of the molecule is COC1CCCC(N2CCC(C=O)CC2)C1. The molecule has 0 aromatic heterocycles. The second-order valence-corrected chi connectivity index (χ2v) is 5.19. The van der Waals surface area contributed by atoms with Crippen molar-refractivity contribution in [2.75, 3.05) is 20.2 Å². The number of rotatable bonds is 3. The van der Waals surface area contributed by atoms with E-state index in [-0.39, 0.29) is 0 Å². The van der Waals surface area contributed by atoms with Crippen molar-refractivity contribution in [2.45, 2.75) is 50.7 Å². The molecule has 2 aliphatic rings. The maximum atomic E-state index is 10.7. The molecule has 0 spiro atoms. The minimum atomic E-state index is 0.318. The first-order valence-electron chi connectivity index (χ1n) is 6.55. The molecule has 2 fully saturated rings. The van der Waals surface area contributed by atoms with Gasteiger partial charge in [0.1, 0.15) is 6.29 Å². The highest BCUT2D eigenvalue weighted by Gasteiger charge is 2.29. The van der Waals surface area contributed by atoms with Gasteiger partial charge in [-0.2, -0.15) is 0 Å². The van der Waals surface area contributed by atoms with Gasteiger partial charge in [0.05, 0.1) is 6.10 Å². The van der Waals surface area contributed by atoms with E-state index in [0.717, 1.165) is 32.2 Å². The Bertz CT molecular complexity index is 224. The Morgan fingerprint density at radius 1 is 1.19 bits per heavy atom. The average Bonchev–Trinajstić information content (AvgIpc) is 2.39. The summed E-state index contributed by atoms with van der Waals surface area (Å²) in [6.45, 7) is 2.20. The van der Waals surface area contributed by atoms with E-state index in [1.165, 1.54) is 25.7 Å². The molecule has 16 heavy (non-hydrogen) atoms. The molecule has 1 heterocycles. The number of nitrogens with zero attached hydrogens (tertiary/aromatic N) is 1. The second-order valence-electron chi connectivity index (χ2n) is 5.19. The van der Waals surface area contributed by atoms with Crippen molar-refractivity contribution >= 4 is 6.29 Å². The molecule has 3 nitrogen and oxygen atoms in total. The zero-order valence-corrected chi connectivity index (χ0v) is 10.2. The highest BCUT2D eigenvalue weighted by atomic mass is 16.5. The monoisotopic (exact) mass is 225 g/mol. The molecular formula is C13H23NO2. The van der Waals surface area contributed by atoms with Gasteiger partial charge in [0.2, 0.25) is 0 Å². The molecule has 1 aliphatic heterocycles. The molecule has 92 valence electrons. The summed E-state index contributed by atoms with van der Waals surface area (Å²) in [5.41, 5.74) is 0. The van der Waals surface area contributed by atoms with Crippen LogP contribution in [0.15, 0.2) is 0 Å². The van der Waals surface area contributed by atoms with Gasteiger partial charge in [-0.05, 0) is 51.6 Å². The van der Waals surface area contributed by atoms with E-state index in [1.807, 2.05) is 7.11 Å². The van der Waals surface area contributed by atoms with Crippen LogP contribution in [0.25, 0.3) is 0 Å². The summed E-state index contributed by atoms with van der Waals surface area (Å²) < 4.78 is 5.47. The van der Waals surface area contributed by atoms with E-state index in [4.69, 9.17) is 4.74 Å². The summed E-state index contributed by atoms with van der Waals surface area (Å²) in [4.78, 5) is 13.3. The van der Waals surface area contributed by atoms with Gasteiger partial charge in [0, 0.05) is 19.1 Å². The fourth-order valence-corrected chi connectivity index (χ4v) is 3.09. The molecule has 0 N–H and O–H groups in total. The Balaban J connectivity index is 1.81. The molecule has 1 aliphatic carbocycles. The van der Waals surface area contributed by atoms with E-state index in [0.29, 0.717) is 18.1 Å². The number of methoxy groups -OCH3 is 1. The first-order chi connectivity index (χ1) is 7.83. The first kappa shape index (κ1) is 12.1. The molecule has 0 aromatic rings. The predicted octanol–water partition coefficient (Wildman–Crippen LogP) is 1.85. The third kappa shape index (κ3) is 2.83. The normalized spacial score (nSPS) is 33.8. The minimum Gasteiger partial charge on any atom is -0.381 e. The summed E-state index contributed by atoms with van der Waals surface area (Å²) in [7, 11) is 1.83. The van der Waals surface area contributed by atoms with Crippen molar-refractivity contribution < 1.29 is 9.53 Å². The van der Waals surface area contributed by atoms with Crippen molar-refractivity contribution in [2.24, 2.45) is 5.92 Å². The number of carbonyl (C=O) groups excluding carboxylic acids is 1. The Morgan fingerprint density at radius 3 is 2.56 bits per heavy atom. The molecule has 0 aromatic carbocycles. The smallest absolute Gasteiger partial charge is 0.123 e. The van der Waals surface area contributed by atoms with E-state index < -0.39 is 0 Å². The lowest BCUT2D eigenvalue weighted by atomic mass is 9.89. The van der Waals surface area contributed by atoms with Crippen LogP contribution < -0.4 is 0 Å². The number of carbonyl (C=O) groups is 1. The van der Waals surface area contributed by atoms with E-state index in [2.05, 4.69) is 4.90 Å². The maximum absolute atomic E-state index is 10.7. The number of aldehydes is 1. The third-order valence-corrected chi connectivity index (χ3v) is 4.21. The average molecular weight is 225 g/mol. The quantitative estimate of drug-likeness (QED) is 0.687. The summed E-state index contributed by atoms with van der Waals surface area (Å²) in [6.07, 6.45) is 8.70. The topological polar surface area (TPSA) is 29.5 Å². The Labute approximate surface area is 98.1 Å². The van der Waals surface area contributed by atoms with Crippen molar-refractivity contribution in [3.63, 3.8) is 0 Å². The second kappa shape index (κ2) is 5.78. The van der Waals surface area contributed by atoms with Crippen molar-refractivity contribution in [1.82, 2.24) is 4.90 Å². The number of hydrogen-bond donors (Lipinski definition) is 0. The largest absolute Gasteiger partial charge is 0.381 e. The third-order valence-electron chi connectivity index (χ3n) is 4.21. The standard InChI is InChI=1S/C13H23NO2/c1-16-13-4-2-3-12(9-13)14-7-5-11(10-15)6-8-14/h10-13H,2-9H2,1H3. The van der Waals surface area contributed by atoms with Crippen LogP contribution >= 0.6 is 0 Å². The number of likely N-dealkylation sites (tertiary alicyclic amines) is 1. The van der Waals surface area contributed by atoms with Crippen LogP contribution in [-0.4, -0.2) is 43.5 Å². The Morgan fingerprint density at radius 2 is 1.94 bits per heavy atom. The molecule has 0 bridgehead atoms. The lowest BCUT2D eigenvalue weighted by Gasteiger charge is -2.40. The van der Waals surface area contributed by atoms with Crippen LogP contribution in [0.4, 0.5) is 0 Å². The lowest BCUT2D eigenvalue weighted by Crippen LogP contribution is -2.45. The Kier molecular flexibility index (Phi) is 4.36. The molecule has 0 radical (unpaired) electrons. The fraction of sp³-hybridized carbons (Fsp3) is 0.923. The van der Waals surface area contributed by atoms with Crippen LogP contribution in [0.1, 0.15) is 38.5 Å². The van der Waals surface area contributed by atoms with Gasteiger partial charge in [-0.1, -0.05) is 0 Å². The number of ether oxygens (including phenoxy) is 1. The minimum absolute atomic E-state index is 0.318. The van der Waals surface area contributed by atoms with Crippen LogP contribution in [-0.2, 0) is 9.53 Å². The van der Waals surface area contributed by atoms with Gasteiger partial charge >= 0.3 is 0 Å². The summed E-state index contributed by atoms with van der Waals surface area (Å²) in [5, 5.41) is 0. The summed E-state index contributed by atoms with van der Waals surface area (Å²) in [6, 6.07) is 0.700. The molecule has 0 amide bonds. The van der Waals surface area contributed by atoms with Crippen molar-refractivity contribution in [3.8, 4) is 0 Å². The van der Waals surface area contributed by atoms with E-state index >= 15 is 0 Å². The fourth-order valence-electron chi connectivity index (χ4n) is 3.09.